The summed E-state index contributed by atoms with van der Waals surface area (Å²) in [5.41, 5.74) is 0.551. The van der Waals surface area contributed by atoms with E-state index >= 15 is 0 Å². The van der Waals surface area contributed by atoms with Crippen LogP contribution in [0.5, 0.6) is 0 Å². The summed E-state index contributed by atoms with van der Waals surface area (Å²) in [5.74, 6) is -0.328. The van der Waals surface area contributed by atoms with Crippen LogP contribution in [0.3, 0.4) is 0 Å². The minimum absolute atomic E-state index is 0.0849. The molecule has 21 heavy (non-hydrogen) atoms. The second-order valence-electron chi connectivity index (χ2n) is 4.78. The van der Waals surface area contributed by atoms with Crippen LogP contribution in [0.2, 0.25) is 0 Å². The Morgan fingerprint density at radius 2 is 1.90 bits per heavy atom. The van der Waals surface area contributed by atoms with Crippen molar-refractivity contribution in [2.75, 3.05) is 33.0 Å². The second-order valence-corrected chi connectivity index (χ2v) is 4.78. The number of esters is 1. The minimum atomic E-state index is -0.328. The molecule has 1 aromatic rings. The molecule has 0 spiro atoms. The lowest BCUT2D eigenvalue weighted by Gasteiger charge is -2.22. The number of ether oxygens (including phenoxy) is 4. The molecular formula is C16H22O5. The standard InChI is InChI=1S/C16H22O5/c17-16(14-6-2-1-3-7-14)21-13-11-18-10-12-20-15-8-4-5-9-19-15/h1-3,6-7,15H,4-5,8-13H2. The van der Waals surface area contributed by atoms with Gasteiger partial charge in [0.2, 0.25) is 0 Å². The van der Waals surface area contributed by atoms with Gasteiger partial charge in [0, 0.05) is 6.61 Å². The van der Waals surface area contributed by atoms with Crippen molar-refractivity contribution in [3.63, 3.8) is 0 Å². The van der Waals surface area contributed by atoms with Gasteiger partial charge >= 0.3 is 5.97 Å². The van der Waals surface area contributed by atoms with Gasteiger partial charge in [-0.1, -0.05) is 18.2 Å². The van der Waals surface area contributed by atoms with E-state index in [1.165, 1.54) is 0 Å². The van der Waals surface area contributed by atoms with Crippen LogP contribution in [0, 0.1) is 0 Å². The summed E-state index contributed by atoms with van der Waals surface area (Å²) in [6, 6.07) is 8.91. The van der Waals surface area contributed by atoms with Crippen LogP contribution in [-0.4, -0.2) is 45.3 Å². The fourth-order valence-corrected chi connectivity index (χ4v) is 2.03. The third kappa shape index (κ3) is 6.25. The van der Waals surface area contributed by atoms with Crippen LogP contribution in [0.25, 0.3) is 0 Å². The molecule has 1 aliphatic rings. The SMILES string of the molecule is O=C(OCCOCCOC1CCCCO1)c1ccccc1. The lowest BCUT2D eigenvalue weighted by molar-refractivity contribution is -0.169. The average Bonchev–Trinajstić information content (AvgIpc) is 2.55. The zero-order valence-corrected chi connectivity index (χ0v) is 12.2. The molecule has 0 N–H and O–H groups in total. The third-order valence-electron chi connectivity index (χ3n) is 3.14. The first kappa shape index (κ1) is 15.9. The van der Waals surface area contributed by atoms with E-state index in [-0.39, 0.29) is 18.9 Å². The molecule has 2 rings (SSSR count). The maximum Gasteiger partial charge on any atom is 0.338 e. The van der Waals surface area contributed by atoms with Crippen molar-refractivity contribution >= 4 is 5.97 Å². The van der Waals surface area contributed by atoms with Crippen LogP contribution in [0.4, 0.5) is 0 Å². The predicted octanol–water partition coefficient (Wildman–Crippen LogP) is 2.40. The number of hydrogen-bond donors (Lipinski definition) is 0. The molecule has 5 heteroatoms. The minimum Gasteiger partial charge on any atom is -0.460 e. The van der Waals surface area contributed by atoms with E-state index < -0.39 is 0 Å². The lowest BCUT2D eigenvalue weighted by atomic mass is 10.2. The molecule has 0 amide bonds. The van der Waals surface area contributed by atoms with Gasteiger partial charge in [0.05, 0.1) is 25.4 Å². The summed E-state index contributed by atoms with van der Waals surface area (Å²) in [6.45, 7) is 2.36. The van der Waals surface area contributed by atoms with E-state index in [0.29, 0.717) is 25.4 Å². The Kier molecular flexibility index (Phi) is 7.21. The highest BCUT2D eigenvalue weighted by atomic mass is 16.7. The normalized spacial score (nSPS) is 18.4. The van der Waals surface area contributed by atoms with Crippen LogP contribution in [-0.2, 0) is 18.9 Å². The van der Waals surface area contributed by atoms with Gasteiger partial charge in [-0.05, 0) is 31.4 Å². The summed E-state index contributed by atoms with van der Waals surface area (Å²) in [6.07, 6.45) is 3.14. The first-order chi connectivity index (χ1) is 10.4. The molecular weight excluding hydrogens is 272 g/mol. The molecule has 1 aliphatic heterocycles. The highest BCUT2D eigenvalue weighted by molar-refractivity contribution is 5.89. The van der Waals surface area contributed by atoms with E-state index in [4.69, 9.17) is 18.9 Å². The molecule has 1 heterocycles. The van der Waals surface area contributed by atoms with Crippen LogP contribution in [0.1, 0.15) is 29.6 Å². The Hall–Kier alpha value is -1.43. The monoisotopic (exact) mass is 294 g/mol. The van der Waals surface area contributed by atoms with Crippen molar-refractivity contribution in [3.05, 3.63) is 35.9 Å². The summed E-state index contributed by atoms with van der Waals surface area (Å²) < 4.78 is 21.4. The van der Waals surface area contributed by atoms with Gasteiger partial charge in [0.1, 0.15) is 6.61 Å². The van der Waals surface area contributed by atoms with E-state index in [1.807, 2.05) is 6.07 Å². The zero-order valence-electron chi connectivity index (χ0n) is 12.2. The predicted molar refractivity (Wildman–Crippen MR) is 77.1 cm³/mol. The molecule has 5 nitrogen and oxygen atoms in total. The van der Waals surface area contributed by atoms with Crippen molar-refractivity contribution in [3.8, 4) is 0 Å². The smallest absolute Gasteiger partial charge is 0.338 e. The molecule has 1 atom stereocenters. The maximum absolute atomic E-state index is 11.6. The quantitative estimate of drug-likeness (QED) is 0.544. The van der Waals surface area contributed by atoms with Crippen LogP contribution in [0.15, 0.2) is 30.3 Å². The van der Waals surface area contributed by atoms with Gasteiger partial charge < -0.3 is 18.9 Å². The van der Waals surface area contributed by atoms with E-state index in [2.05, 4.69) is 0 Å². The van der Waals surface area contributed by atoms with Crippen LogP contribution < -0.4 is 0 Å². The van der Waals surface area contributed by atoms with Crippen molar-refractivity contribution in [1.82, 2.24) is 0 Å². The van der Waals surface area contributed by atoms with Gasteiger partial charge in [-0.2, -0.15) is 0 Å². The van der Waals surface area contributed by atoms with Gasteiger partial charge in [0.25, 0.3) is 0 Å². The van der Waals surface area contributed by atoms with E-state index in [9.17, 15) is 4.79 Å². The van der Waals surface area contributed by atoms with Crippen molar-refractivity contribution in [2.45, 2.75) is 25.6 Å². The first-order valence-corrected chi connectivity index (χ1v) is 7.39. The van der Waals surface area contributed by atoms with Crippen molar-refractivity contribution < 1.29 is 23.7 Å². The number of carbonyl (C=O) groups excluding carboxylic acids is 1. The molecule has 0 aliphatic carbocycles. The van der Waals surface area contributed by atoms with E-state index in [1.54, 1.807) is 24.3 Å². The highest BCUT2D eigenvalue weighted by Gasteiger charge is 2.13. The molecule has 1 aromatic carbocycles. The number of hydrogen-bond acceptors (Lipinski definition) is 5. The summed E-state index contributed by atoms with van der Waals surface area (Å²) in [7, 11) is 0. The Balaban J connectivity index is 1.45. The fraction of sp³-hybridized carbons (Fsp3) is 0.562. The van der Waals surface area contributed by atoms with Gasteiger partial charge in [0.15, 0.2) is 6.29 Å². The molecule has 1 unspecified atom stereocenters. The topological polar surface area (TPSA) is 54.0 Å². The fourth-order valence-electron chi connectivity index (χ4n) is 2.03. The molecule has 116 valence electrons. The molecule has 1 fully saturated rings. The summed E-state index contributed by atoms with van der Waals surface area (Å²) in [5, 5.41) is 0. The molecule has 1 saturated heterocycles. The summed E-state index contributed by atoms with van der Waals surface area (Å²) >= 11 is 0. The van der Waals surface area contributed by atoms with Gasteiger partial charge in [-0.25, -0.2) is 4.79 Å². The molecule has 0 bridgehead atoms. The largest absolute Gasteiger partial charge is 0.460 e. The highest BCUT2D eigenvalue weighted by Crippen LogP contribution is 2.13. The Morgan fingerprint density at radius 3 is 2.67 bits per heavy atom. The second kappa shape index (κ2) is 9.50. The van der Waals surface area contributed by atoms with Gasteiger partial charge in [-0.15, -0.1) is 0 Å². The van der Waals surface area contributed by atoms with Crippen molar-refractivity contribution in [2.24, 2.45) is 0 Å². The average molecular weight is 294 g/mol. The molecule has 0 aromatic heterocycles. The Morgan fingerprint density at radius 1 is 1.10 bits per heavy atom. The first-order valence-electron chi connectivity index (χ1n) is 7.39. The van der Waals surface area contributed by atoms with E-state index in [0.717, 1.165) is 25.9 Å². The number of rotatable bonds is 8. The summed E-state index contributed by atoms with van der Waals surface area (Å²) in [4.78, 5) is 11.6. The lowest BCUT2D eigenvalue weighted by Crippen LogP contribution is -2.24. The molecule has 0 saturated carbocycles. The van der Waals surface area contributed by atoms with Crippen molar-refractivity contribution in [1.29, 1.82) is 0 Å². The molecule has 0 radical (unpaired) electrons. The third-order valence-corrected chi connectivity index (χ3v) is 3.14. The Labute approximate surface area is 125 Å². The number of benzene rings is 1. The van der Waals surface area contributed by atoms with Gasteiger partial charge in [-0.3, -0.25) is 0 Å². The number of carbonyl (C=O) groups is 1. The Bertz CT molecular complexity index is 400. The van der Waals surface area contributed by atoms with Crippen LogP contribution >= 0.6 is 0 Å². The maximum atomic E-state index is 11.6. The zero-order chi connectivity index (χ0) is 14.8.